The van der Waals surface area contributed by atoms with Crippen LogP contribution in [0.5, 0.6) is 0 Å². The molecule has 1 unspecified atom stereocenters. The molecule has 0 spiro atoms. The topological polar surface area (TPSA) is 41.1 Å². The number of hydrogen-bond acceptors (Lipinski definition) is 2. The number of carbonyl (C=O) groups excluding carboxylic acids is 1. The zero-order valence-corrected chi connectivity index (χ0v) is 9.14. The Morgan fingerprint density at radius 3 is 3.00 bits per heavy atom. The summed E-state index contributed by atoms with van der Waals surface area (Å²) in [5.74, 6) is 1.03. The highest BCUT2D eigenvalue weighted by atomic mass is 16.1. The van der Waals surface area contributed by atoms with Crippen molar-refractivity contribution in [1.29, 1.82) is 0 Å². The van der Waals surface area contributed by atoms with Crippen LogP contribution in [0.3, 0.4) is 0 Å². The zero-order chi connectivity index (χ0) is 10.2. The van der Waals surface area contributed by atoms with Crippen molar-refractivity contribution in [2.45, 2.75) is 38.5 Å². The zero-order valence-electron chi connectivity index (χ0n) is 9.14. The molecule has 0 saturated carbocycles. The first kappa shape index (κ1) is 11.5. The highest BCUT2D eigenvalue weighted by Gasteiger charge is 2.12. The van der Waals surface area contributed by atoms with Gasteiger partial charge in [0.15, 0.2) is 0 Å². The predicted molar refractivity (Wildman–Crippen MR) is 58.1 cm³/mol. The summed E-state index contributed by atoms with van der Waals surface area (Å²) in [5, 5.41) is 6.07. The van der Waals surface area contributed by atoms with Crippen molar-refractivity contribution in [3.8, 4) is 0 Å². The third-order valence-corrected chi connectivity index (χ3v) is 2.94. The molecule has 0 aliphatic carbocycles. The highest BCUT2D eigenvalue weighted by Crippen LogP contribution is 2.17. The molecule has 0 bridgehead atoms. The lowest BCUT2D eigenvalue weighted by molar-refractivity contribution is -0.120. The minimum Gasteiger partial charge on any atom is -0.359 e. The maximum atomic E-state index is 10.9. The molecule has 0 aromatic rings. The fourth-order valence-electron chi connectivity index (χ4n) is 2.01. The van der Waals surface area contributed by atoms with E-state index in [0.717, 1.165) is 12.3 Å². The van der Waals surface area contributed by atoms with Crippen LogP contribution in [0.1, 0.15) is 38.5 Å². The van der Waals surface area contributed by atoms with Crippen LogP contribution < -0.4 is 10.6 Å². The van der Waals surface area contributed by atoms with Crippen LogP contribution in [-0.4, -0.2) is 26.0 Å². The average molecular weight is 198 g/mol. The van der Waals surface area contributed by atoms with Gasteiger partial charge in [0.1, 0.15) is 0 Å². The maximum Gasteiger partial charge on any atom is 0.219 e. The lowest BCUT2D eigenvalue weighted by Crippen LogP contribution is -2.29. The standard InChI is InChI=1S/C11H22N2O/c1-12-11(14)7-3-2-5-10-6-4-8-13-9-10/h10,13H,2-9H2,1H3,(H,12,14). The molecule has 0 aromatic carbocycles. The number of nitrogens with one attached hydrogen (secondary N) is 2. The molecule has 1 rings (SSSR count). The van der Waals surface area contributed by atoms with E-state index in [1.54, 1.807) is 7.05 Å². The van der Waals surface area contributed by atoms with Crippen molar-refractivity contribution >= 4 is 5.91 Å². The van der Waals surface area contributed by atoms with Gasteiger partial charge < -0.3 is 10.6 Å². The molecule has 2 N–H and O–H groups in total. The highest BCUT2D eigenvalue weighted by molar-refractivity contribution is 5.75. The SMILES string of the molecule is CNC(=O)CCCCC1CCCNC1. The number of unbranched alkanes of at least 4 members (excludes halogenated alkanes) is 1. The molecular formula is C11H22N2O. The molecule has 0 radical (unpaired) electrons. The molecule has 1 aliphatic rings. The number of piperidine rings is 1. The molecular weight excluding hydrogens is 176 g/mol. The number of carbonyl (C=O) groups is 1. The van der Waals surface area contributed by atoms with Gasteiger partial charge in [-0.2, -0.15) is 0 Å². The Balaban J connectivity index is 1.94. The summed E-state index contributed by atoms with van der Waals surface area (Å²) in [7, 11) is 1.70. The quantitative estimate of drug-likeness (QED) is 0.654. The number of hydrogen-bond donors (Lipinski definition) is 2. The Hall–Kier alpha value is -0.570. The minimum absolute atomic E-state index is 0.173. The normalized spacial score (nSPS) is 21.9. The van der Waals surface area contributed by atoms with E-state index in [1.807, 2.05) is 0 Å². The fourth-order valence-corrected chi connectivity index (χ4v) is 2.01. The fraction of sp³-hybridized carbons (Fsp3) is 0.909. The van der Waals surface area contributed by atoms with Crippen molar-refractivity contribution in [3.63, 3.8) is 0 Å². The van der Waals surface area contributed by atoms with Gasteiger partial charge >= 0.3 is 0 Å². The van der Waals surface area contributed by atoms with Gasteiger partial charge in [-0.05, 0) is 44.7 Å². The van der Waals surface area contributed by atoms with E-state index in [-0.39, 0.29) is 5.91 Å². The Bertz CT molecular complexity index is 165. The van der Waals surface area contributed by atoms with Crippen LogP contribution in [0.25, 0.3) is 0 Å². The third-order valence-electron chi connectivity index (χ3n) is 2.94. The number of rotatable bonds is 5. The van der Waals surface area contributed by atoms with E-state index in [0.29, 0.717) is 6.42 Å². The first-order chi connectivity index (χ1) is 6.83. The van der Waals surface area contributed by atoms with Crippen LogP contribution >= 0.6 is 0 Å². The summed E-state index contributed by atoms with van der Waals surface area (Å²) >= 11 is 0. The van der Waals surface area contributed by atoms with Gasteiger partial charge in [0, 0.05) is 13.5 Å². The molecule has 14 heavy (non-hydrogen) atoms. The number of amides is 1. The largest absolute Gasteiger partial charge is 0.359 e. The Morgan fingerprint density at radius 2 is 2.36 bits per heavy atom. The molecule has 1 aliphatic heterocycles. The smallest absolute Gasteiger partial charge is 0.219 e. The van der Waals surface area contributed by atoms with Crippen LogP contribution in [0.4, 0.5) is 0 Å². The maximum absolute atomic E-state index is 10.9. The summed E-state index contributed by atoms with van der Waals surface area (Å²) in [4.78, 5) is 10.9. The van der Waals surface area contributed by atoms with Gasteiger partial charge in [-0.3, -0.25) is 4.79 Å². The lowest BCUT2D eigenvalue weighted by Gasteiger charge is -2.22. The van der Waals surface area contributed by atoms with Gasteiger partial charge in [0.05, 0.1) is 0 Å². The molecule has 1 amide bonds. The molecule has 1 saturated heterocycles. The summed E-state index contributed by atoms with van der Waals surface area (Å²) in [5.41, 5.74) is 0. The third kappa shape index (κ3) is 4.61. The summed E-state index contributed by atoms with van der Waals surface area (Å²) < 4.78 is 0. The van der Waals surface area contributed by atoms with Gasteiger partial charge in [-0.1, -0.05) is 6.42 Å². The van der Waals surface area contributed by atoms with E-state index in [2.05, 4.69) is 10.6 Å². The van der Waals surface area contributed by atoms with Crippen LogP contribution in [-0.2, 0) is 4.79 Å². The Morgan fingerprint density at radius 1 is 1.50 bits per heavy atom. The monoisotopic (exact) mass is 198 g/mol. The van der Waals surface area contributed by atoms with Crippen LogP contribution in [0, 0.1) is 5.92 Å². The summed E-state index contributed by atoms with van der Waals surface area (Å²) in [6.45, 7) is 2.37. The molecule has 3 nitrogen and oxygen atoms in total. The molecule has 0 aromatic heterocycles. The molecule has 1 heterocycles. The van der Waals surface area contributed by atoms with Crippen molar-refractivity contribution in [1.82, 2.24) is 10.6 Å². The van der Waals surface area contributed by atoms with Gasteiger partial charge in [0.25, 0.3) is 0 Å². The van der Waals surface area contributed by atoms with E-state index < -0.39 is 0 Å². The van der Waals surface area contributed by atoms with Crippen molar-refractivity contribution in [2.75, 3.05) is 20.1 Å². The van der Waals surface area contributed by atoms with Crippen LogP contribution in [0.2, 0.25) is 0 Å². The second kappa shape index (κ2) is 6.82. The van der Waals surface area contributed by atoms with E-state index in [9.17, 15) is 4.79 Å². The van der Waals surface area contributed by atoms with Gasteiger partial charge in [0.2, 0.25) is 5.91 Å². The Labute approximate surface area is 86.6 Å². The minimum atomic E-state index is 0.173. The molecule has 1 atom stereocenters. The molecule has 3 heteroatoms. The first-order valence-electron chi connectivity index (χ1n) is 5.74. The lowest BCUT2D eigenvalue weighted by atomic mass is 9.93. The van der Waals surface area contributed by atoms with E-state index in [4.69, 9.17) is 0 Å². The second-order valence-corrected chi connectivity index (χ2v) is 4.13. The average Bonchev–Trinajstić information content (AvgIpc) is 2.25. The predicted octanol–water partition coefficient (Wildman–Crippen LogP) is 1.29. The van der Waals surface area contributed by atoms with Crippen molar-refractivity contribution in [3.05, 3.63) is 0 Å². The van der Waals surface area contributed by atoms with Crippen LogP contribution in [0.15, 0.2) is 0 Å². The second-order valence-electron chi connectivity index (χ2n) is 4.13. The Kier molecular flexibility index (Phi) is 5.60. The van der Waals surface area contributed by atoms with Gasteiger partial charge in [-0.25, -0.2) is 0 Å². The molecule has 82 valence electrons. The van der Waals surface area contributed by atoms with Crippen molar-refractivity contribution < 1.29 is 4.79 Å². The summed E-state index contributed by atoms with van der Waals surface area (Å²) in [6.07, 6.45) is 6.89. The van der Waals surface area contributed by atoms with Crippen molar-refractivity contribution in [2.24, 2.45) is 5.92 Å². The molecule has 1 fully saturated rings. The van der Waals surface area contributed by atoms with E-state index >= 15 is 0 Å². The van der Waals surface area contributed by atoms with Gasteiger partial charge in [-0.15, -0.1) is 0 Å². The summed E-state index contributed by atoms with van der Waals surface area (Å²) in [6, 6.07) is 0. The first-order valence-corrected chi connectivity index (χ1v) is 5.74. The van der Waals surface area contributed by atoms with E-state index in [1.165, 1.54) is 38.8 Å².